The summed E-state index contributed by atoms with van der Waals surface area (Å²) >= 11 is 3.64. The first-order valence-electron chi connectivity index (χ1n) is 7.63. The van der Waals surface area contributed by atoms with Gasteiger partial charge in [-0.2, -0.15) is 0 Å². The molecule has 2 nitrogen and oxygen atoms in total. The van der Waals surface area contributed by atoms with Crippen molar-refractivity contribution in [1.82, 2.24) is 4.90 Å². The van der Waals surface area contributed by atoms with Crippen LogP contribution in [0.2, 0.25) is 0 Å². The Morgan fingerprint density at radius 1 is 1.15 bits per heavy atom. The van der Waals surface area contributed by atoms with Crippen LogP contribution in [0.15, 0.2) is 22.7 Å². The summed E-state index contributed by atoms with van der Waals surface area (Å²) in [6, 6.07) is 6.47. The number of anilines is 1. The average molecular weight is 341 g/mol. The van der Waals surface area contributed by atoms with E-state index in [1.54, 1.807) is 0 Å². The normalized spacial score (nSPS) is 20.4. The Hall–Kier alpha value is -0.610. The molecule has 0 radical (unpaired) electrons. The molecule has 4 heteroatoms. The molecule has 2 heterocycles. The Balaban J connectivity index is 1.48. The zero-order valence-corrected chi connectivity index (χ0v) is 13.4. The number of halogens is 2. The molecular weight excluding hydrogens is 319 g/mol. The molecule has 1 aromatic rings. The molecule has 0 bridgehead atoms. The highest BCUT2D eigenvalue weighted by atomic mass is 79.9. The van der Waals surface area contributed by atoms with E-state index in [1.165, 1.54) is 22.1 Å². The fourth-order valence-electron chi connectivity index (χ4n) is 3.30. The van der Waals surface area contributed by atoms with Gasteiger partial charge in [-0.1, -0.05) is 22.0 Å². The largest absolute Gasteiger partial charge is 0.371 e. The summed E-state index contributed by atoms with van der Waals surface area (Å²) in [4.78, 5) is 4.90. The van der Waals surface area contributed by atoms with Crippen LogP contribution < -0.4 is 4.90 Å². The van der Waals surface area contributed by atoms with E-state index < -0.39 is 6.17 Å². The van der Waals surface area contributed by atoms with Crippen molar-refractivity contribution < 1.29 is 4.39 Å². The third kappa shape index (κ3) is 3.17. The molecule has 1 fully saturated rings. The Kier molecular flexibility index (Phi) is 4.61. The molecule has 110 valence electrons. The molecule has 2 aliphatic heterocycles. The zero-order valence-electron chi connectivity index (χ0n) is 11.8. The minimum absolute atomic E-state index is 0.561. The first-order chi connectivity index (χ1) is 9.74. The van der Waals surface area contributed by atoms with Crippen LogP contribution in [-0.2, 0) is 6.42 Å². The van der Waals surface area contributed by atoms with Gasteiger partial charge in [0.05, 0.1) is 0 Å². The van der Waals surface area contributed by atoms with E-state index in [0.717, 1.165) is 52.0 Å². The maximum Gasteiger partial charge on any atom is 0.103 e. The molecule has 0 saturated carbocycles. The first kappa shape index (κ1) is 14.3. The molecule has 0 atom stereocenters. The molecule has 0 aromatic heterocycles. The lowest BCUT2D eigenvalue weighted by atomic mass is 10.1. The van der Waals surface area contributed by atoms with Gasteiger partial charge < -0.3 is 9.80 Å². The Labute approximate surface area is 129 Å². The number of piperidine rings is 1. The third-order valence-electron chi connectivity index (χ3n) is 4.49. The smallest absolute Gasteiger partial charge is 0.103 e. The molecule has 2 aliphatic rings. The van der Waals surface area contributed by atoms with E-state index in [1.807, 2.05) is 0 Å². The minimum Gasteiger partial charge on any atom is -0.371 e. The van der Waals surface area contributed by atoms with E-state index in [2.05, 4.69) is 43.9 Å². The van der Waals surface area contributed by atoms with Crippen molar-refractivity contribution in [2.45, 2.75) is 31.9 Å². The predicted molar refractivity (Wildman–Crippen MR) is 85.2 cm³/mol. The quantitative estimate of drug-likeness (QED) is 0.825. The topological polar surface area (TPSA) is 6.48 Å². The summed E-state index contributed by atoms with van der Waals surface area (Å²) in [5.41, 5.74) is 2.84. The van der Waals surface area contributed by atoms with Crippen LogP contribution in [0, 0.1) is 0 Å². The fraction of sp³-hybridized carbons (Fsp3) is 0.625. The summed E-state index contributed by atoms with van der Waals surface area (Å²) in [6.45, 7) is 5.21. The van der Waals surface area contributed by atoms with Crippen molar-refractivity contribution in [3.63, 3.8) is 0 Å². The maximum absolute atomic E-state index is 13.1. The lowest BCUT2D eigenvalue weighted by Crippen LogP contribution is -2.36. The molecule has 0 amide bonds. The highest BCUT2D eigenvalue weighted by Gasteiger charge is 2.21. The van der Waals surface area contributed by atoms with E-state index in [9.17, 15) is 4.39 Å². The lowest BCUT2D eigenvalue weighted by Gasteiger charge is -2.29. The van der Waals surface area contributed by atoms with Crippen LogP contribution in [0.25, 0.3) is 0 Å². The number of hydrogen-bond acceptors (Lipinski definition) is 2. The summed E-state index contributed by atoms with van der Waals surface area (Å²) < 4.78 is 14.3. The zero-order chi connectivity index (χ0) is 13.9. The predicted octanol–water partition coefficient (Wildman–Crippen LogP) is 3.64. The number of alkyl halides is 1. The summed E-state index contributed by atoms with van der Waals surface area (Å²) in [6.07, 6.45) is 3.19. The number of hydrogen-bond donors (Lipinski definition) is 0. The van der Waals surface area contributed by atoms with Crippen molar-refractivity contribution in [3.05, 3.63) is 28.2 Å². The molecule has 1 saturated heterocycles. The highest BCUT2D eigenvalue weighted by Crippen LogP contribution is 2.33. The van der Waals surface area contributed by atoms with Crippen molar-refractivity contribution >= 4 is 21.6 Å². The molecule has 0 aliphatic carbocycles. The Morgan fingerprint density at radius 2 is 1.95 bits per heavy atom. The number of rotatable bonds is 4. The second-order valence-corrected chi connectivity index (χ2v) is 6.70. The van der Waals surface area contributed by atoms with Crippen molar-refractivity contribution in [3.8, 4) is 0 Å². The molecule has 0 unspecified atom stereocenters. The summed E-state index contributed by atoms with van der Waals surface area (Å²) in [5.74, 6) is 0. The van der Waals surface area contributed by atoms with Gasteiger partial charge in [0.25, 0.3) is 0 Å². The standard InChI is InChI=1S/C16H22BrFN2/c17-15-3-1-4-16-14(15)7-12-20(16)9-2-8-19-10-5-13(18)6-11-19/h1,3-4,13H,2,5-12H2. The molecular formula is C16H22BrFN2. The van der Waals surface area contributed by atoms with Gasteiger partial charge in [-0.3, -0.25) is 0 Å². The van der Waals surface area contributed by atoms with Crippen LogP contribution in [0.5, 0.6) is 0 Å². The summed E-state index contributed by atoms with van der Waals surface area (Å²) in [5, 5.41) is 0. The van der Waals surface area contributed by atoms with Crippen molar-refractivity contribution in [2.75, 3.05) is 37.6 Å². The van der Waals surface area contributed by atoms with Crippen LogP contribution >= 0.6 is 15.9 Å². The third-order valence-corrected chi connectivity index (χ3v) is 5.23. The lowest BCUT2D eigenvalue weighted by molar-refractivity contribution is 0.150. The minimum atomic E-state index is -0.561. The van der Waals surface area contributed by atoms with Gasteiger partial charge in [-0.25, -0.2) is 4.39 Å². The van der Waals surface area contributed by atoms with Crippen molar-refractivity contribution in [2.24, 2.45) is 0 Å². The number of likely N-dealkylation sites (tertiary alicyclic amines) is 1. The van der Waals surface area contributed by atoms with Crippen LogP contribution in [-0.4, -0.2) is 43.8 Å². The molecule has 0 N–H and O–H groups in total. The van der Waals surface area contributed by atoms with E-state index in [4.69, 9.17) is 0 Å². The fourth-order valence-corrected chi connectivity index (χ4v) is 3.85. The van der Waals surface area contributed by atoms with Crippen LogP contribution in [0.3, 0.4) is 0 Å². The van der Waals surface area contributed by atoms with E-state index in [0.29, 0.717) is 0 Å². The Bertz CT molecular complexity index is 458. The van der Waals surface area contributed by atoms with Crippen LogP contribution in [0.4, 0.5) is 10.1 Å². The van der Waals surface area contributed by atoms with Crippen molar-refractivity contribution in [1.29, 1.82) is 0 Å². The monoisotopic (exact) mass is 340 g/mol. The highest BCUT2D eigenvalue weighted by molar-refractivity contribution is 9.10. The van der Waals surface area contributed by atoms with Gasteiger partial charge in [0.1, 0.15) is 6.17 Å². The van der Waals surface area contributed by atoms with Gasteiger partial charge in [0, 0.05) is 36.3 Å². The molecule has 0 spiro atoms. The van der Waals surface area contributed by atoms with Gasteiger partial charge in [-0.05, 0) is 49.9 Å². The molecule has 3 rings (SSSR count). The van der Waals surface area contributed by atoms with E-state index >= 15 is 0 Å². The second-order valence-electron chi connectivity index (χ2n) is 5.84. The Morgan fingerprint density at radius 3 is 2.75 bits per heavy atom. The average Bonchev–Trinajstić information content (AvgIpc) is 2.86. The van der Waals surface area contributed by atoms with Gasteiger partial charge in [0.2, 0.25) is 0 Å². The number of nitrogens with zero attached hydrogens (tertiary/aromatic N) is 2. The second kappa shape index (κ2) is 6.44. The SMILES string of the molecule is FC1CCN(CCCN2CCc3c(Br)cccc32)CC1. The maximum atomic E-state index is 13.1. The molecule has 1 aromatic carbocycles. The van der Waals surface area contributed by atoms with Crippen LogP contribution in [0.1, 0.15) is 24.8 Å². The van der Waals surface area contributed by atoms with Gasteiger partial charge in [-0.15, -0.1) is 0 Å². The first-order valence-corrected chi connectivity index (χ1v) is 8.42. The van der Waals surface area contributed by atoms with Gasteiger partial charge >= 0.3 is 0 Å². The summed E-state index contributed by atoms with van der Waals surface area (Å²) in [7, 11) is 0. The number of benzene rings is 1. The molecule has 20 heavy (non-hydrogen) atoms. The van der Waals surface area contributed by atoms with E-state index in [-0.39, 0.29) is 0 Å². The number of fused-ring (bicyclic) bond motifs is 1. The van der Waals surface area contributed by atoms with Gasteiger partial charge in [0.15, 0.2) is 0 Å².